The van der Waals surface area contributed by atoms with E-state index in [1.807, 2.05) is 0 Å². The maximum atomic E-state index is 12.0. The second-order valence-electron chi connectivity index (χ2n) is 4.25. The molecule has 1 N–H and O–H groups in total. The summed E-state index contributed by atoms with van der Waals surface area (Å²) in [6, 6.07) is 5.08. The highest BCUT2D eigenvalue weighted by Crippen LogP contribution is 2.34. The van der Waals surface area contributed by atoms with Gasteiger partial charge in [-0.15, -0.1) is 0 Å². The van der Waals surface area contributed by atoms with Crippen LogP contribution in [-0.4, -0.2) is 27.1 Å². The van der Waals surface area contributed by atoms with Crippen molar-refractivity contribution in [1.82, 2.24) is 5.32 Å². The molecule has 0 aromatic heterocycles. The average Bonchev–Trinajstić information content (AvgIpc) is 3.02. The van der Waals surface area contributed by atoms with Crippen LogP contribution in [0, 0.1) is 0 Å². The van der Waals surface area contributed by atoms with Gasteiger partial charge in [-0.3, -0.25) is 0 Å². The normalized spacial score (nSPS) is 18.4. The minimum Gasteiger partial charge on any atom is -0.454 e. The number of nitrogens with one attached hydrogen (secondary N) is 1. The molecule has 0 bridgehead atoms. The molecule has 6 heteroatoms. The Morgan fingerprint density at radius 3 is 2.76 bits per heavy atom. The minimum atomic E-state index is -3.28. The minimum absolute atomic E-state index is 0.0166. The van der Waals surface area contributed by atoms with E-state index in [-0.39, 0.29) is 17.6 Å². The van der Waals surface area contributed by atoms with Crippen molar-refractivity contribution < 1.29 is 17.9 Å². The molecule has 1 aromatic rings. The lowest BCUT2D eigenvalue weighted by atomic mass is 10.3. The van der Waals surface area contributed by atoms with Gasteiger partial charge in [-0.05, 0) is 25.0 Å². The summed E-state index contributed by atoms with van der Waals surface area (Å²) in [5, 5.41) is 3.00. The summed E-state index contributed by atoms with van der Waals surface area (Å²) >= 11 is 0. The van der Waals surface area contributed by atoms with Gasteiger partial charge >= 0.3 is 0 Å². The lowest BCUT2D eigenvalue weighted by Crippen LogP contribution is -2.25. The SMILES string of the molecule is O=S(=O)(CNC1CC1)c1ccc2c(c1)OCO2. The molecular weight excluding hydrogens is 242 g/mol. The summed E-state index contributed by atoms with van der Waals surface area (Å²) in [5.74, 6) is 1.08. The maximum Gasteiger partial charge on any atom is 0.231 e. The van der Waals surface area contributed by atoms with Crippen LogP contribution in [0.3, 0.4) is 0 Å². The van der Waals surface area contributed by atoms with Crippen LogP contribution < -0.4 is 14.8 Å². The molecule has 1 saturated carbocycles. The topological polar surface area (TPSA) is 64.6 Å². The van der Waals surface area contributed by atoms with Gasteiger partial charge in [0, 0.05) is 12.1 Å². The van der Waals surface area contributed by atoms with E-state index in [9.17, 15) is 8.42 Å². The van der Waals surface area contributed by atoms with E-state index in [2.05, 4.69) is 5.32 Å². The van der Waals surface area contributed by atoms with Crippen LogP contribution in [0.2, 0.25) is 0 Å². The number of ether oxygens (including phenoxy) is 2. The van der Waals surface area contributed by atoms with Crippen LogP contribution in [0.5, 0.6) is 11.5 Å². The van der Waals surface area contributed by atoms with Crippen LogP contribution in [0.4, 0.5) is 0 Å². The Balaban J connectivity index is 1.82. The molecular formula is C11H13NO4S. The predicted molar refractivity (Wildman–Crippen MR) is 60.8 cm³/mol. The van der Waals surface area contributed by atoms with Gasteiger partial charge < -0.3 is 14.8 Å². The van der Waals surface area contributed by atoms with Gasteiger partial charge in [-0.2, -0.15) is 0 Å². The van der Waals surface area contributed by atoms with Crippen LogP contribution in [0.1, 0.15) is 12.8 Å². The lowest BCUT2D eigenvalue weighted by molar-refractivity contribution is 0.174. The number of benzene rings is 1. The number of hydrogen-bond donors (Lipinski definition) is 1. The Morgan fingerprint density at radius 1 is 1.24 bits per heavy atom. The van der Waals surface area contributed by atoms with E-state index < -0.39 is 9.84 Å². The fourth-order valence-corrected chi connectivity index (χ4v) is 2.85. The first-order chi connectivity index (χ1) is 8.15. The largest absolute Gasteiger partial charge is 0.454 e. The van der Waals surface area contributed by atoms with Gasteiger partial charge in [0.2, 0.25) is 6.79 Å². The second kappa shape index (κ2) is 3.89. The molecule has 0 atom stereocenters. The smallest absolute Gasteiger partial charge is 0.231 e. The zero-order valence-electron chi connectivity index (χ0n) is 9.18. The number of rotatable bonds is 4. The summed E-state index contributed by atoms with van der Waals surface area (Å²) < 4.78 is 34.3. The average molecular weight is 255 g/mol. The Kier molecular flexibility index (Phi) is 2.48. The van der Waals surface area contributed by atoms with Gasteiger partial charge in [-0.25, -0.2) is 8.42 Å². The van der Waals surface area contributed by atoms with E-state index >= 15 is 0 Å². The number of hydrogen-bond acceptors (Lipinski definition) is 5. The fraction of sp³-hybridized carbons (Fsp3) is 0.455. The third-order valence-electron chi connectivity index (χ3n) is 2.84. The van der Waals surface area contributed by atoms with Crippen molar-refractivity contribution >= 4 is 9.84 Å². The van der Waals surface area contributed by atoms with E-state index in [0.29, 0.717) is 17.5 Å². The Labute approximate surface area is 99.6 Å². The van der Waals surface area contributed by atoms with Crippen molar-refractivity contribution in [3.05, 3.63) is 18.2 Å². The first-order valence-electron chi connectivity index (χ1n) is 5.51. The third kappa shape index (κ3) is 2.23. The first kappa shape index (κ1) is 10.9. The molecule has 1 aromatic carbocycles. The van der Waals surface area contributed by atoms with Gasteiger partial charge in [0.1, 0.15) is 5.88 Å². The zero-order valence-corrected chi connectivity index (χ0v) is 10.00. The molecule has 5 nitrogen and oxygen atoms in total. The van der Waals surface area contributed by atoms with Crippen molar-refractivity contribution in [3.8, 4) is 11.5 Å². The van der Waals surface area contributed by atoms with Crippen molar-refractivity contribution in [2.24, 2.45) is 0 Å². The van der Waals surface area contributed by atoms with E-state index in [1.54, 1.807) is 12.1 Å². The highest BCUT2D eigenvalue weighted by molar-refractivity contribution is 7.91. The standard InChI is InChI=1S/C11H13NO4S/c13-17(14,6-12-8-1-2-8)9-3-4-10-11(5-9)16-7-15-10/h3-5,8,12H,1-2,6-7H2. The van der Waals surface area contributed by atoms with Crippen molar-refractivity contribution in [2.45, 2.75) is 23.8 Å². The molecule has 1 aliphatic heterocycles. The van der Waals surface area contributed by atoms with Crippen LogP contribution in [0.15, 0.2) is 23.1 Å². The summed E-state index contributed by atoms with van der Waals surface area (Å²) in [5.41, 5.74) is 0. The number of sulfone groups is 1. The highest BCUT2D eigenvalue weighted by Gasteiger charge is 2.25. The van der Waals surface area contributed by atoms with E-state index in [1.165, 1.54) is 6.07 Å². The molecule has 3 rings (SSSR count). The van der Waals surface area contributed by atoms with E-state index in [4.69, 9.17) is 9.47 Å². The van der Waals surface area contributed by atoms with Crippen molar-refractivity contribution in [3.63, 3.8) is 0 Å². The van der Waals surface area contributed by atoms with Gasteiger partial charge in [0.25, 0.3) is 0 Å². The number of fused-ring (bicyclic) bond motifs is 1. The summed E-state index contributed by atoms with van der Waals surface area (Å²) in [4.78, 5) is 0.273. The predicted octanol–water partition coefficient (Wildman–Crippen LogP) is 0.898. The van der Waals surface area contributed by atoms with Crippen LogP contribution >= 0.6 is 0 Å². The summed E-state index contributed by atoms with van der Waals surface area (Å²) in [6.45, 7) is 0.152. The summed E-state index contributed by atoms with van der Waals surface area (Å²) in [7, 11) is -3.28. The quantitative estimate of drug-likeness (QED) is 0.866. The molecule has 2 aliphatic rings. The molecule has 0 unspecified atom stereocenters. The monoisotopic (exact) mass is 255 g/mol. The second-order valence-corrected chi connectivity index (χ2v) is 6.24. The molecule has 1 fully saturated rings. The van der Waals surface area contributed by atoms with E-state index in [0.717, 1.165) is 12.8 Å². The summed E-state index contributed by atoms with van der Waals surface area (Å²) in [6.07, 6.45) is 2.13. The van der Waals surface area contributed by atoms with Gasteiger partial charge in [-0.1, -0.05) is 0 Å². The van der Waals surface area contributed by atoms with Crippen LogP contribution in [0.25, 0.3) is 0 Å². The molecule has 0 amide bonds. The highest BCUT2D eigenvalue weighted by atomic mass is 32.2. The lowest BCUT2D eigenvalue weighted by Gasteiger charge is -2.06. The molecule has 0 saturated heterocycles. The first-order valence-corrected chi connectivity index (χ1v) is 7.16. The van der Waals surface area contributed by atoms with Crippen LogP contribution in [-0.2, 0) is 9.84 Å². The Bertz CT molecular complexity index is 536. The molecule has 17 heavy (non-hydrogen) atoms. The molecule has 0 spiro atoms. The third-order valence-corrected chi connectivity index (χ3v) is 4.36. The van der Waals surface area contributed by atoms with Gasteiger partial charge in [0.15, 0.2) is 21.3 Å². The molecule has 1 aliphatic carbocycles. The zero-order chi connectivity index (χ0) is 11.9. The van der Waals surface area contributed by atoms with Crippen molar-refractivity contribution in [2.75, 3.05) is 12.7 Å². The molecule has 92 valence electrons. The fourth-order valence-electron chi connectivity index (χ4n) is 1.67. The maximum absolute atomic E-state index is 12.0. The molecule has 0 radical (unpaired) electrons. The molecule has 1 heterocycles. The van der Waals surface area contributed by atoms with Crippen molar-refractivity contribution in [1.29, 1.82) is 0 Å². The Morgan fingerprint density at radius 2 is 2.00 bits per heavy atom. The van der Waals surface area contributed by atoms with Gasteiger partial charge in [0.05, 0.1) is 4.90 Å². The Hall–Kier alpha value is -1.27.